The number of halogens is 2. The summed E-state index contributed by atoms with van der Waals surface area (Å²) >= 11 is 2.84. The second kappa shape index (κ2) is 5.52. The van der Waals surface area contributed by atoms with Gasteiger partial charge < -0.3 is 4.74 Å². The summed E-state index contributed by atoms with van der Waals surface area (Å²) < 4.78 is 18.5. The minimum absolute atomic E-state index is 0.0612. The van der Waals surface area contributed by atoms with Crippen LogP contribution in [0.2, 0.25) is 0 Å². The Kier molecular flexibility index (Phi) is 4.46. The summed E-state index contributed by atoms with van der Waals surface area (Å²) in [4.78, 5) is 21.4. The Bertz CT molecular complexity index is 528. The molecule has 0 bridgehead atoms. The Morgan fingerprint density at radius 1 is 1.47 bits per heavy atom. The van der Waals surface area contributed by atoms with Gasteiger partial charge in [-0.3, -0.25) is 15.4 Å². The highest BCUT2D eigenvalue weighted by Gasteiger charge is 2.25. The molecule has 0 fully saturated rings. The SMILES string of the molecule is CC(C)(C)OC(=O)Nc1ccc(Br)c(F)c1[N+](=O)[O-]. The number of hydrogen-bond donors (Lipinski definition) is 1. The molecule has 0 atom stereocenters. The highest BCUT2D eigenvalue weighted by molar-refractivity contribution is 9.10. The number of hydrogen-bond acceptors (Lipinski definition) is 4. The van der Waals surface area contributed by atoms with Crippen molar-refractivity contribution >= 4 is 33.4 Å². The zero-order valence-electron chi connectivity index (χ0n) is 10.5. The van der Waals surface area contributed by atoms with Crippen LogP contribution in [0, 0.1) is 15.9 Å². The molecular weight excluding hydrogens is 323 g/mol. The second-order valence-electron chi connectivity index (χ2n) is 4.64. The number of nitrogens with zero attached hydrogens (tertiary/aromatic N) is 1. The molecule has 0 radical (unpaired) electrons. The number of carbonyl (C=O) groups excluding carboxylic acids is 1. The third-order valence-corrected chi connectivity index (χ3v) is 2.50. The van der Waals surface area contributed by atoms with Crippen LogP contribution in [-0.4, -0.2) is 16.6 Å². The predicted molar refractivity (Wildman–Crippen MR) is 70.6 cm³/mol. The van der Waals surface area contributed by atoms with Gasteiger partial charge in [-0.2, -0.15) is 4.39 Å². The summed E-state index contributed by atoms with van der Waals surface area (Å²) in [5, 5.41) is 13.0. The van der Waals surface area contributed by atoms with Gasteiger partial charge in [-0.1, -0.05) is 0 Å². The summed E-state index contributed by atoms with van der Waals surface area (Å²) in [5.41, 5.74) is -1.84. The number of nitrogens with one attached hydrogen (secondary N) is 1. The normalized spacial score (nSPS) is 11.0. The standard InChI is InChI=1S/C11H12BrFN2O4/c1-11(2,3)19-10(16)14-7-5-4-6(12)8(13)9(7)15(17)18/h4-5H,1-3H3,(H,14,16). The maximum atomic E-state index is 13.6. The Morgan fingerprint density at radius 2 is 2.05 bits per heavy atom. The van der Waals surface area contributed by atoms with E-state index in [0.29, 0.717) is 0 Å². The number of nitro groups is 1. The number of nitro benzene ring substituents is 1. The van der Waals surface area contributed by atoms with E-state index in [9.17, 15) is 19.3 Å². The quantitative estimate of drug-likeness (QED) is 0.657. The van der Waals surface area contributed by atoms with Crippen LogP contribution in [0.15, 0.2) is 16.6 Å². The van der Waals surface area contributed by atoms with Crippen molar-refractivity contribution in [2.24, 2.45) is 0 Å². The lowest BCUT2D eigenvalue weighted by Crippen LogP contribution is -2.27. The minimum Gasteiger partial charge on any atom is -0.444 e. The van der Waals surface area contributed by atoms with Crippen LogP contribution in [0.4, 0.5) is 20.6 Å². The van der Waals surface area contributed by atoms with Gasteiger partial charge in [0.2, 0.25) is 5.82 Å². The van der Waals surface area contributed by atoms with E-state index in [2.05, 4.69) is 21.2 Å². The molecule has 0 aromatic heterocycles. The molecule has 1 amide bonds. The predicted octanol–water partition coefficient (Wildman–Crippen LogP) is 3.84. The van der Waals surface area contributed by atoms with E-state index in [1.165, 1.54) is 12.1 Å². The number of anilines is 1. The summed E-state index contributed by atoms with van der Waals surface area (Å²) in [6.07, 6.45) is -0.891. The highest BCUT2D eigenvalue weighted by Crippen LogP contribution is 2.32. The largest absolute Gasteiger partial charge is 0.444 e. The maximum Gasteiger partial charge on any atom is 0.412 e. The topological polar surface area (TPSA) is 81.5 Å². The molecule has 6 nitrogen and oxygen atoms in total. The van der Waals surface area contributed by atoms with Crippen molar-refractivity contribution in [3.63, 3.8) is 0 Å². The third kappa shape index (κ3) is 4.16. The first kappa shape index (κ1) is 15.4. The first-order valence-corrected chi connectivity index (χ1v) is 6.03. The van der Waals surface area contributed by atoms with Crippen molar-refractivity contribution in [2.45, 2.75) is 26.4 Å². The number of rotatable bonds is 2. The van der Waals surface area contributed by atoms with Crippen LogP contribution in [-0.2, 0) is 4.74 Å². The fourth-order valence-corrected chi connectivity index (χ4v) is 1.55. The second-order valence-corrected chi connectivity index (χ2v) is 5.50. The van der Waals surface area contributed by atoms with Crippen molar-refractivity contribution in [2.75, 3.05) is 5.32 Å². The Balaban J connectivity index is 3.05. The van der Waals surface area contributed by atoms with Crippen molar-refractivity contribution in [1.82, 2.24) is 0 Å². The number of ether oxygens (including phenoxy) is 1. The first-order chi connectivity index (χ1) is 8.61. The van der Waals surface area contributed by atoms with Gasteiger partial charge >= 0.3 is 11.8 Å². The summed E-state index contributed by atoms with van der Waals surface area (Å²) in [7, 11) is 0. The Hall–Kier alpha value is -1.70. The molecule has 19 heavy (non-hydrogen) atoms. The smallest absolute Gasteiger partial charge is 0.412 e. The van der Waals surface area contributed by atoms with Crippen LogP contribution in [0.3, 0.4) is 0 Å². The average Bonchev–Trinajstić information content (AvgIpc) is 2.20. The molecule has 104 valence electrons. The lowest BCUT2D eigenvalue weighted by atomic mass is 10.2. The molecule has 0 aliphatic heterocycles. The fraction of sp³-hybridized carbons (Fsp3) is 0.364. The molecule has 0 aliphatic carbocycles. The Morgan fingerprint density at radius 3 is 2.53 bits per heavy atom. The lowest BCUT2D eigenvalue weighted by Gasteiger charge is -2.19. The van der Waals surface area contributed by atoms with Gasteiger partial charge in [0.1, 0.15) is 11.3 Å². The van der Waals surface area contributed by atoms with Gasteiger partial charge in [0.15, 0.2) is 0 Å². The Labute approximate surface area is 117 Å². The van der Waals surface area contributed by atoms with Crippen LogP contribution >= 0.6 is 15.9 Å². The lowest BCUT2D eigenvalue weighted by molar-refractivity contribution is -0.386. The molecule has 1 aromatic carbocycles. The van der Waals surface area contributed by atoms with Gasteiger partial charge in [0.25, 0.3) is 0 Å². The van der Waals surface area contributed by atoms with Crippen LogP contribution in [0.1, 0.15) is 20.8 Å². The molecule has 0 aliphatic rings. The van der Waals surface area contributed by atoms with Gasteiger partial charge in [-0.15, -0.1) is 0 Å². The van der Waals surface area contributed by atoms with Crippen molar-refractivity contribution in [3.8, 4) is 0 Å². The van der Waals surface area contributed by atoms with Gasteiger partial charge in [-0.05, 0) is 48.8 Å². The number of amides is 1. The molecule has 8 heteroatoms. The third-order valence-electron chi connectivity index (χ3n) is 1.89. The zero-order valence-corrected chi connectivity index (χ0v) is 12.1. The van der Waals surface area contributed by atoms with Gasteiger partial charge in [0, 0.05) is 0 Å². The monoisotopic (exact) mass is 334 g/mol. The van der Waals surface area contributed by atoms with Crippen molar-refractivity contribution in [3.05, 3.63) is 32.5 Å². The molecule has 0 saturated carbocycles. The molecule has 0 unspecified atom stereocenters. The van der Waals surface area contributed by atoms with E-state index in [0.717, 1.165) is 0 Å². The molecule has 0 saturated heterocycles. The first-order valence-electron chi connectivity index (χ1n) is 5.24. The van der Waals surface area contributed by atoms with E-state index >= 15 is 0 Å². The highest BCUT2D eigenvalue weighted by atomic mass is 79.9. The molecule has 0 heterocycles. The maximum absolute atomic E-state index is 13.6. The van der Waals surface area contributed by atoms with Crippen LogP contribution < -0.4 is 5.32 Å². The van der Waals surface area contributed by atoms with Crippen molar-refractivity contribution < 1.29 is 18.8 Å². The molecule has 1 N–H and O–H groups in total. The fourth-order valence-electron chi connectivity index (χ4n) is 1.23. The van der Waals surface area contributed by atoms with E-state index in [1.54, 1.807) is 20.8 Å². The summed E-state index contributed by atoms with van der Waals surface area (Å²) in [5.74, 6) is -1.06. The number of carbonyl (C=O) groups is 1. The summed E-state index contributed by atoms with van der Waals surface area (Å²) in [6, 6.07) is 2.48. The molecule has 1 aromatic rings. The van der Waals surface area contributed by atoms with Crippen molar-refractivity contribution in [1.29, 1.82) is 0 Å². The van der Waals surface area contributed by atoms with Crippen LogP contribution in [0.25, 0.3) is 0 Å². The van der Waals surface area contributed by atoms with E-state index in [4.69, 9.17) is 4.74 Å². The minimum atomic E-state index is -1.06. The molecule has 1 rings (SSSR count). The summed E-state index contributed by atoms with van der Waals surface area (Å²) in [6.45, 7) is 4.93. The molecule has 0 spiro atoms. The van der Waals surface area contributed by atoms with E-state index in [1.807, 2.05) is 0 Å². The van der Waals surface area contributed by atoms with E-state index in [-0.39, 0.29) is 10.2 Å². The number of benzene rings is 1. The van der Waals surface area contributed by atoms with Gasteiger partial charge in [-0.25, -0.2) is 4.79 Å². The van der Waals surface area contributed by atoms with Gasteiger partial charge in [0.05, 0.1) is 9.40 Å². The van der Waals surface area contributed by atoms with Crippen LogP contribution in [0.5, 0.6) is 0 Å². The molecular formula is C11H12BrFN2O4. The average molecular weight is 335 g/mol. The van der Waals surface area contributed by atoms with E-state index < -0.39 is 28.1 Å². The zero-order chi connectivity index (χ0) is 14.8.